The fourth-order valence-electron chi connectivity index (χ4n) is 3.12. The van der Waals surface area contributed by atoms with Gasteiger partial charge in [-0.25, -0.2) is 9.59 Å². The van der Waals surface area contributed by atoms with E-state index in [-0.39, 0.29) is 5.56 Å². The van der Waals surface area contributed by atoms with Gasteiger partial charge in [-0.1, -0.05) is 6.92 Å². The Morgan fingerprint density at radius 3 is 2.14 bits per heavy atom. The minimum Gasteiger partial charge on any atom is -0.493 e. The fraction of sp³-hybridized carbons (Fsp3) is 0.273. The van der Waals surface area contributed by atoms with Crippen LogP contribution in [-0.4, -0.2) is 27.3 Å². The van der Waals surface area contributed by atoms with Crippen LogP contribution >= 0.6 is 0 Å². The Balaban J connectivity index is 2.04. The van der Waals surface area contributed by atoms with Gasteiger partial charge in [0.05, 0.1) is 26.9 Å². The van der Waals surface area contributed by atoms with Gasteiger partial charge >= 0.3 is 11.6 Å². The van der Waals surface area contributed by atoms with Crippen LogP contribution in [0.25, 0.3) is 11.0 Å². The summed E-state index contributed by atoms with van der Waals surface area (Å²) in [6, 6.07) is 7.90. The molecule has 0 aliphatic rings. The van der Waals surface area contributed by atoms with E-state index in [4.69, 9.17) is 23.4 Å². The van der Waals surface area contributed by atoms with E-state index in [9.17, 15) is 9.59 Å². The zero-order valence-electron chi connectivity index (χ0n) is 17.0. The number of carbonyl (C=O) groups excluding carboxylic acids is 1. The highest BCUT2D eigenvalue weighted by molar-refractivity contribution is 5.93. The molecule has 0 radical (unpaired) electrons. The third-order valence-corrected chi connectivity index (χ3v) is 4.62. The molecule has 0 bridgehead atoms. The van der Waals surface area contributed by atoms with Crippen molar-refractivity contribution in [2.75, 3.05) is 21.3 Å². The molecule has 0 fully saturated rings. The Labute approximate surface area is 167 Å². The summed E-state index contributed by atoms with van der Waals surface area (Å²) in [4.78, 5) is 24.5. The van der Waals surface area contributed by atoms with Crippen molar-refractivity contribution in [1.82, 2.24) is 0 Å². The maximum absolute atomic E-state index is 12.8. The number of rotatable bonds is 6. The number of carbonyl (C=O) groups is 1. The average Bonchev–Trinajstić information content (AvgIpc) is 2.71. The van der Waals surface area contributed by atoms with Crippen molar-refractivity contribution >= 4 is 16.9 Å². The van der Waals surface area contributed by atoms with Crippen molar-refractivity contribution in [3.05, 3.63) is 57.4 Å². The van der Waals surface area contributed by atoms with E-state index < -0.39 is 11.6 Å². The first kappa shape index (κ1) is 20.3. The van der Waals surface area contributed by atoms with Crippen LogP contribution in [0.4, 0.5) is 0 Å². The van der Waals surface area contributed by atoms with Gasteiger partial charge in [-0.2, -0.15) is 0 Å². The van der Waals surface area contributed by atoms with Crippen LogP contribution in [0, 0.1) is 6.92 Å². The number of fused-ring (bicyclic) bond motifs is 1. The van der Waals surface area contributed by atoms with Gasteiger partial charge in [0.1, 0.15) is 11.3 Å². The molecule has 0 N–H and O–H groups in total. The fourth-order valence-corrected chi connectivity index (χ4v) is 3.12. The molecule has 0 unspecified atom stereocenters. The molecule has 0 saturated heterocycles. The lowest BCUT2D eigenvalue weighted by Gasteiger charge is -2.15. The Morgan fingerprint density at radius 2 is 1.59 bits per heavy atom. The van der Waals surface area contributed by atoms with Crippen molar-refractivity contribution in [1.29, 1.82) is 0 Å². The zero-order valence-corrected chi connectivity index (χ0v) is 17.0. The molecule has 29 heavy (non-hydrogen) atoms. The lowest BCUT2D eigenvalue weighted by molar-refractivity contribution is 0.0732. The smallest absolute Gasteiger partial charge is 0.343 e. The second kappa shape index (κ2) is 8.26. The molecule has 0 spiro atoms. The molecule has 3 aromatic rings. The summed E-state index contributed by atoms with van der Waals surface area (Å²) >= 11 is 0. The predicted octanol–water partition coefficient (Wildman–Crippen LogP) is 3.91. The maximum atomic E-state index is 12.8. The van der Waals surface area contributed by atoms with Gasteiger partial charge in [0.2, 0.25) is 5.75 Å². The van der Waals surface area contributed by atoms with Crippen LogP contribution in [-0.2, 0) is 6.42 Å². The molecule has 3 rings (SSSR count). The Bertz CT molecular complexity index is 1100. The molecule has 152 valence electrons. The molecular weight excluding hydrogens is 376 g/mol. The van der Waals surface area contributed by atoms with Crippen molar-refractivity contribution < 1.29 is 28.2 Å². The van der Waals surface area contributed by atoms with E-state index in [1.807, 2.05) is 19.9 Å². The number of esters is 1. The molecule has 1 aromatic heterocycles. The van der Waals surface area contributed by atoms with E-state index >= 15 is 0 Å². The second-order valence-electron chi connectivity index (χ2n) is 6.36. The molecule has 0 aliphatic carbocycles. The van der Waals surface area contributed by atoms with Crippen molar-refractivity contribution in [3.8, 4) is 23.0 Å². The third-order valence-electron chi connectivity index (χ3n) is 4.62. The van der Waals surface area contributed by atoms with E-state index in [0.29, 0.717) is 35.0 Å². The van der Waals surface area contributed by atoms with Crippen LogP contribution in [0.3, 0.4) is 0 Å². The number of ether oxygens (including phenoxy) is 4. The van der Waals surface area contributed by atoms with Gasteiger partial charge in [-0.3, -0.25) is 0 Å². The summed E-state index contributed by atoms with van der Waals surface area (Å²) < 4.78 is 26.7. The Hall–Kier alpha value is -3.48. The SMILES string of the molecule is CCc1cc2c(C)cc(=O)oc2cc1OC(=O)c1cc(OC)c(OC)c(OC)c1. The molecule has 0 atom stereocenters. The monoisotopic (exact) mass is 398 g/mol. The molecule has 0 aliphatic heterocycles. The predicted molar refractivity (Wildman–Crippen MR) is 108 cm³/mol. The standard InChI is InChI=1S/C22H22O7/c1-6-13-8-15-12(2)7-20(23)28-17(15)11-16(13)29-22(24)14-9-18(25-3)21(27-5)19(10-14)26-4/h7-11H,6H2,1-5H3. The van der Waals surface area contributed by atoms with Gasteiger partial charge < -0.3 is 23.4 Å². The van der Waals surface area contributed by atoms with Gasteiger partial charge in [-0.15, -0.1) is 0 Å². The van der Waals surface area contributed by atoms with Crippen LogP contribution in [0.2, 0.25) is 0 Å². The Morgan fingerprint density at radius 1 is 0.931 bits per heavy atom. The molecule has 7 nitrogen and oxygen atoms in total. The summed E-state index contributed by atoms with van der Waals surface area (Å²) in [6.45, 7) is 3.78. The van der Waals surface area contributed by atoms with E-state index in [2.05, 4.69) is 0 Å². The van der Waals surface area contributed by atoms with Gasteiger partial charge in [0.25, 0.3) is 0 Å². The first-order chi connectivity index (χ1) is 13.9. The van der Waals surface area contributed by atoms with E-state index in [1.165, 1.54) is 39.5 Å². The van der Waals surface area contributed by atoms with Crippen LogP contribution in [0.5, 0.6) is 23.0 Å². The third kappa shape index (κ3) is 3.89. The van der Waals surface area contributed by atoms with Crippen molar-refractivity contribution in [2.45, 2.75) is 20.3 Å². The molecular formula is C22H22O7. The highest BCUT2D eigenvalue weighted by Gasteiger charge is 2.20. The second-order valence-corrected chi connectivity index (χ2v) is 6.36. The maximum Gasteiger partial charge on any atom is 0.343 e. The molecule has 7 heteroatoms. The summed E-state index contributed by atoms with van der Waals surface area (Å²) in [6.07, 6.45) is 0.631. The van der Waals surface area contributed by atoms with E-state index in [1.54, 1.807) is 6.07 Å². The molecule has 2 aromatic carbocycles. The van der Waals surface area contributed by atoms with Crippen molar-refractivity contribution in [3.63, 3.8) is 0 Å². The van der Waals surface area contributed by atoms with Crippen LogP contribution < -0.4 is 24.6 Å². The molecule has 1 heterocycles. The first-order valence-electron chi connectivity index (χ1n) is 9.01. The number of hydrogen-bond donors (Lipinski definition) is 0. The summed E-state index contributed by atoms with van der Waals surface area (Å²) in [5, 5.41) is 0.800. The first-order valence-corrected chi connectivity index (χ1v) is 9.01. The lowest BCUT2D eigenvalue weighted by atomic mass is 10.1. The van der Waals surface area contributed by atoms with Gasteiger partial charge in [0.15, 0.2) is 11.5 Å². The van der Waals surface area contributed by atoms with Crippen molar-refractivity contribution in [2.24, 2.45) is 0 Å². The summed E-state index contributed by atoms with van der Waals surface area (Å²) in [5.74, 6) is 0.786. The lowest BCUT2D eigenvalue weighted by Crippen LogP contribution is -2.11. The molecule has 0 saturated carbocycles. The van der Waals surface area contributed by atoms with E-state index in [0.717, 1.165) is 16.5 Å². The minimum absolute atomic E-state index is 0.229. The highest BCUT2D eigenvalue weighted by Crippen LogP contribution is 2.38. The minimum atomic E-state index is -0.603. The largest absolute Gasteiger partial charge is 0.493 e. The average molecular weight is 398 g/mol. The highest BCUT2D eigenvalue weighted by atomic mass is 16.5. The number of benzene rings is 2. The summed E-state index contributed by atoms with van der Waals surface area (Å²) in [7, 11) is 4.42. The summed E-state index contributed by atoms with van der Waals surface area (Å²) in [5.41, 5.74) is 1.75. The normalized spacial score (nSPS) is 10.7. The van der Waals surface area contributed by atoms with Crippen LogP contribution in [0.15, 0.2) is 39.5 Å². The van der Waals surface area contributed by atoms with Gasteiger partial charge in [0, 0.05) is 17.5 Å². The number of hydrogen-bond acceptors (Lipinski definition) is 7. The van der Waals surface area contributed by atoms with Gasteiger partial charge in [-0.05, 0) is 42.7 Å². The number of aryl methyl sites for hydroxylation is 2. The Kier molecular flexibility index (Phi) is 5.77. The molecule has 0 amide bonds. The topological polar surface area (TPSA) is 84.2 Å². The van der Waals surface area contributed by atoms with Crippen LogP contribution in [0.1, 0.15) is 28.4 Å². The zero-order chi connectivity index (χ0) is 21.1. The number of methoxy groups -OCH3 is 3. The quantitative estimate of drug-likeness (QED) is 0.354.